The predicted octanol–water partition coefficient (Wildman–Crippen LogP) is 2.69. The Balaban J connectivity index is 1.97. The fourth-order valence-electron chi connectivity index (χ4n) is 2.00. The molecule has 2 aromatic rings. The molecule has 0 radical (unpaired) electrons. The number of carbonyl (C=O) groups is 3. The molecule has 0 saturated heterocycles. The van der Waals surface area contributed by atoms with Crippen LogP contribution in [0.4, 0.5) is 0 Å². The number of benzene rings is 2. The van der Waals surface area contributed by atoms with Crippen LogP contribution >= 0.6 is 0 Å². The van der Waals surface area contributed by atoms with Crippen LogP contribution in [0.3, 0.4) is 0 Å². The fraction of sp³-hybridized carbons (Fsp3) is 0.167. The number of carbonyl (C=O) groups excluding carboxylic acids is 3. The lowest BCUT2D eigenvalue weighted by atomic mass is 10.0. The van der Waals surface area contributed by atoms with Crippen molar-refractivity contribution in [2.45, 2.75) is 6.42 Å². The van der Waals surface area contributed by atoms with E-state index < -0.39 is 18.5 Å². The zero-order valence-corrected chi connectivity index (χ0v) is 12.7. The minimum absolute atomic E-state index is 0.0526. The summed E-state index contributed by atoms with van der Waals surface area (Å²) in [5.41, 5.74) is 0.401. The number of rotatable bonds is 6. The van der Waals surface area contributed by atoms with Gasteiger partial charge in [0.25, 0.3) is 0 Å². The summed E-state index contributed by atoms with van der Waals surface area (Å²) in [6.45, 7) is 3.04. The Morgan fingerprint density at radius 2 is 1.74 bits per heavy atom. The average molecular weight is 312 g/mol. The molecule has 5 heteroatoms. The van der Waals surface area contributed by atoms with Gasteiger partial charge in [0.05, 0.1) is 13.5 Å². The predicted molar refractivity (Wildman–Crippen MR) is 85.0 cm³/mol. The first-order valence-corrected chi connectivity index (χ1v) is 6.95. The molecule has 0 spiro atoms. The molecule has 0 atom stereocenters. The lowest BCUT2D eigenvalue weighted by Gasteiger charge is -2.07. The van der Waals surface area contributed by atoms with Crippen LogP contribution in [-0.4, -0.2) is 31.4 Å². The van der Waals surface area contributed by atoms with Crippen molar-refractivity contribution < 1.29 is 23.9 Å². The van der Waals surface area contributed by atoms with Gasteiger partial charge in [-0.05, 0) is 16.8 Å². The van der Waals surface area contributed by atoms with Gasteiger partial charge in [-0.15, -0.1) is 0 Å². The van der Waals surface area contributed by atoms with E-state index in [9.17, 15) is 14.4 Å². The second kappa shape index (κ2) is 7.35. The fourth-order valence-corrected chi connectivity index (χ4v) is 2.00. The number of ketones is 1. The minimum Gasteiger partial charge on any atom is -0.469 e. The number of methoxy groups -OCH3 is 1. The third-order valence-corrected chi connectivity index (χ3v) is 3.28. The van der Waals surface area contributed by atoms with E-state index >= 15 is 0 Å². The maximum Gasteiger partial charge on any atom is 0.334 e. The second-order valence-corrected chi connectivity index (χ2v) is 4.92. The second-order valence-electron chi connectivity index (χ2n) is 4.92. The van der Waals surface area contributed by atoms with Gasteiger partial charge in [0.15, 0.2) is 12.4 Å². The number of ether oxygens (including phenoxy) is 2. The van der Waals surface area contributed by atoms with Crippen molar-refractivity contribution >= 4 is 28.5 Å². The lowest BCUT2D eigenvalue weighted by Crippen LogP contribution is -2.17. The van der Waals surface area contributed by atoms with Crippen LogP contribution in [0.1, 0.15) is 16.8 Å². The first-order valence-electron chi connectivity index (χ1n) is 6.95. The quantitative estimate of drug-likeness (QED) is 0.466. The first kappa shape index (κ1) is 16.4. The van der Waals surface area contributed by atoms with Crippen LogP contribution in [0.15, 0.2) is 54.6 Å². The summed E-state index contributed by atoms with van der Waals surface area (Å²) in [6, 6.07) is 12.9. The van der Waals surface area contributed by atoms with E-state index in [0.29, 0.717) is 5.56 Å². The number of esters is 2. The van der Waals surface area contributed by atoms with E-state index in [0.717, 1.165) is 10.8 Å². The molecular weight excluding hydrogens is 296 g/mol. The number of Topliss-reactive ketones (excluding diaryl/α,β-unsaturated/α-hetero) is 1. The molecule has 0 unspecified atom stereocenters. The highest BCUT2D eigenvalue weighted by molar-refractivity contribution is 6.02. The Labute approximate surface area is 133 Å². The van der Waals surface area contributed by atoms with Gasteiger partial charge in [0, 0.05) is 11.1 Å². The van der Waals surface area contributed by atoms with Gasteiger partial charge in [0.2, 0.25) is 0 Å². The molecule has 0 saturated carbocycles. The van der Waals surface area contributed by atoms with E-state index in [1.807, 2.05) is 30.3 Å². The maximum absolute atomic E-state index is 12.1. The summed E-state index contributed by atoms with van der Waals surface area (Å²) < 4.78 is 9.31. The summed E-state index contributed by atoms with van der Waals surface area (Å²) in [5, 5.41) is 1.95. The number of fused-ring (bicyclic) bond motifs is 1. The largest absolute Gasteiger partial charge is 0.469 e. The lowest BCUT2D eigenvalue weighted by molar-refractivity contribution is -0.143. The molecule has 0 aromatic heterocycles. The van der Waals surface area contributed by atoms with Crippen molar-refractivity contribution in [3.63, 3.8) is 0 Å². The van der Waals surface area contributed by atoms with Gasteiger partial charge < -0.3 is 9.47 Å². The summed E-state index contributed by atoms with van der Waals surface area (Å²) in [5.74, 6) is -1.70. The minimum atomic E-state index is -0.787. The highest BCUT2D eigenvalue weighted by Gasteiger charge is 2.15. The normalized spacial score (nSPS) is 10.1. The van der Waals surface area contributed by atoms with Gasteiger partial charge in [-0.25, -0.2) is 4.79 Å². The Morgan fingerprint density at radius 1 is 1.04 bits per heavy atom. The van der Waals surface area contributed by atoms with Crippen molar-refractivity contribution in [2.75, 3.05) is 13.7 Å². The van der Waals surface area contributed by atoms with Crippen LogP contribution in [-0.2, 0) is 19.1 Å². The van der Waals surface area contributed by atoms with Crippen LogP contribution in [0.25, 0.3) is 10.8 Å². The SMILES string of the molecule is C=C(CC(=O)OC)C(=O)OCC(=O)c1ccc2ccccc2c1. The molecule has 23 heavy (non-hydrogen) atoms. The van der Waals surface area contributed by atoms with Crippen molar-refractivity contribution in [1.29, 1.82) is 0 Å². The highest BCUT2D eigenvalue weighted by atomic mass is 16.5. The Kier molecular flexibility index (Phi) is 5.25. The molecule has 5 nitrogen and oxygen atoms in total. The zero-order valence-electron chi connectivity index (χ0n) is 12.7. The molecular formula is C18H16O5. The third-order valence-electron chi connectivity index (χ3n) is 3.28. The molecule has 2 aromatic carbocycles. The summed E-state index contributed by atoms with van der Waals surface area (Å²) in [7, 11) is 1.21. The molecule has 0 bridgehead atoms. The van der Waals surface area contributed by atoms with Gasteiger partial charge in [-0.1, -0.05) is 43.0 Å². The molecule has 0 N–H and O–H groups in total. The molecule has 0 aliphatic heterocycles. The molecule has 0 heterocycles. The van der Waals surface area contributed by atoms with Crippen LogP contribution in [0.5, 0.6) is 0 Å². The first-order chi connectivity index (χ1) is 11.0. The van der Waals surface area contributed by atoms with E-state index in [-0.39, 0.29) is 17.8 Å². The Hall–Kier alpha value is -2.95. The summed E-state index contributed by atoms with van der Waals surface area (Å²) in [6.07, 6.45) is -0.264. The molecule has 0 amide bonds. The van der Waals surface area contributed by atoms with Crippen molar-refractivity contribution in [3.05, 3.63) is 60.2 Å². The van der Waals surface area contributed by atoms with Crippen LogP contribution in [0.2, 0.25) is 0 Å². The van der Waals surface area contributed by atoms with Gasteiger partial charge in [0.1, 0.15) is 0 Å². The van der Waals surface area contributed by atoms with Crippen LogP contribution in [0, 0.1) is 0 Å². The summed E-state index contributed by atoms with van der Waals surface area (Å²) >= 11 is 0. The van der Waals surface area contributed by atoms with E-state index in [2.05, 4.69) is 11.3 Å². The van der Waals surface area contributed by atoms with Gasteiger partial charge in [-0.2, -0.15) is 0 Å². The molecule has 0 aliphatic carbocycles. The molecule has 2 rings (SSSR count). The standard InChI is InChI=1S/C18H16O5/c1-12(9-17(20)22-2)18(21)23-11-16(19)15-8-7-13-5-3-4-6-14(13)10-15/h3-8,10H,1,9,11H2,2H3. The van der Waals surface area contributed by atoms with Gasteiger partial charge >= 0.3 is 11.9 Å². The number of hydrogen-bond donors (Lipinski definition) is 0. The smallest absolute Gasteiger partial charge is 0.334 e. The average Bonchev–Trinajstić information content (AvgIpc) is 2.58. The molecule has 118 valence electrons. The van der Waals surface area contributed by atoms with Crippen molar-refractivity contribution in [2.24, 2.45) is 0 Å². The molecule has 0 aliphatic rings. The van der Waals surface area contributed by atoms with Crippen molar-refractivity contribution in [1.82, 2.24) is 0 Å². The van der Waals surface area contributed by atoms with E-state index in [1.165, 1.54) is 7.11 Å². The van der Waals surface area contributed by atoms with Crippen LogP contribution < -0.4 is 0 Å². The van der Waals surface area contributed by atoms with Crippen molar-refractivity contribution in [3.8, 4) is 0 Å². The maximum atomic E-state index is 12.1. The highest BCUT2D eigenvalue weighted by Crippen LogP contribution is 2.16. The van der Waals surface area contributed by atoms with E-state index in [4.69, 9.17) is 4.74 Å². The monoisotopic (exact) mass is 312 g/mol. The third kappa shape index (κ3) is 4.26. The Bertz CT molecular complexity index is 776. The van der Waals surface area contributed by atoms with Gasteiger partial charge in [-0.3, -0.25) is 9.59 Å². The van der Waals surface area contributed by atoms with E-state index in [1.54, 1.807) is 12.1 Å². The molecule has 0 fully saturated rings. The zero-order chi connectivity index (χ0) is 16.8. The summed E-state index contributed by atoms with van der Waals surface area (Å²) in [4.78, 5) is 34.8. The number of hydrogen-bond acceptors (Lipinski definition) is 5. The topological polar surface area (TPSA) is 69.7 Å². The Morgan fingerprint density at radius 3 is 2.43 bits per heavy atom.